The van der Waals surface area contributed by atoms with Gasteiger partial charge < -0.3 is 4.57 Å². The Bertz CT molecular complexity index is 930. The molecule has 1 aromatic heterocycles. The second-order valence-electron chi connectivity index (χ2n) is 6.53. The topological polar surface area (TPSA) is 42.3 Å². The van der Waals surface area contributed by atoms with Gasteiger partial charge in [-0.1, -0.05) is 29.8 Å². The molecule has 0 spiro atoms. The van der Waals surface area contributed by atoms with Gasteiger partial charge in [-0.2, -0.15) is 0 Å². The molecule has 4 heteroatoms. The number of benzene rings is 1. The van der Waals surface area contributed by atoms with E-state index in [9.17, 15) is 9.59 Å². The van der Waals surface area contributed by atoms with Gasteiger partial charge in [-0.15, -0.1) is 6.58 Å². The highest BCUT2D eigenvalue weighted by Crippen LogP contribution is 2.32. The standard InChI is InChI=1S/C21H22N2O2/c1-6-11-23-20(24)16(19(13(2)3)21(23)25)12-18-14(4)15-9-7-8-10-17(15)22(18)5/h6-10,12H,1,11H2,2-5H3/b16-12-. The van der Waals surface area contributed by atoms with E-state index in [-0.39, 0.29) is 18.4 Å². The van der Waals surface area contributed by atoms with Gasteiger partial charge in [-0.25, -0.2) is 0 Å². The van der Waals surface area contributed by atoms with Crippen LogP contribution in [0.5, 0.6) is 0 Å². The largest absolute Gasteiger partial charge is 0.344 e. The zero-order valence-electron chi connectivity index (χ0n) is 15.1. The molecule has 3 rings (SSSR count). The van der Waals surface area contributed by atoms with Crippen molar-refractivity contribution in [3.63, 3.8) is 0 Å². The number of allylic oxidation sites excluding steroid dienone is 1. The van der Waals surface area contributed by atoms with Crippen molar-refractivity contribution in [1.29, 1.82) is 0 Å². The Morgan fingerprint density at radius 2 is 1.84 bits per heavy atom. The van der Waals surface area contributed by atoms with Crippen LogP contribution in [0.4, 0.5) is 0 Å². The van der Waals surface area contributed by atoms with Crippen molar-refractivity contribution in [2.75, 3.05) is 6.54 Å². The monoisotopic (exact) mass is 334 g/mol. The number of hydrogen-bond acceptors (Lipinski definition) is 2. The summed E-state index contributed by atoms with van der Waals surface area (Å²) < 4.78 is 2.06. The van der Waals surface area contributed by atoms with Gasteiger partial charge >= 0.3 is 0 Å². The number of rotatable bonds is 3. The van der Waals surface area contributed by atoms with E-state index in [0.717, 1.165) is 27.7 Å². The minimum absolute atomic E-state index is 0.222. The summed E-state index contributed by atoms with van der Waals surface area (Å²) in [5.41, 5.74) is 4.94. The fourth-order valence-electron chi connectivity index (χ4n) is 3.45. The van der Waals surface area contributed by atoms with Crippen molar-refractivity contribution in [2.24, 2.45) is 7.05 Å². The Kier molecular flexibility index (Phi) is 4.21. The number of imide groups is 1. The number of fused-ring (bicyclic) bond motifs is 1. The minimum atomic E-state index is -0.259. The van der Waals surface area contributed by atoms with Gasteiger partial charge in [0.2, 0.25) is 0 Å². The van der Waals surface area contributed by atoms with Crippen molar-refractivity contribution in [3.05, 3.63) is 64.9 Å². The molecule has 0 atom stereocenters. The van der Waals surface area contributed by atoms with Crippen molar-refractivity contribution in [1.82, 2.24) is 9.47 Å². The molecule has 1 saturated heterocycles. The molecule has 1 aliphatic rings. The number of aryl methyl sites for hydroxylation is 2. The van der Waals surface area contributed by atoms with Crippen LogP contribution in [-0.2, 0) is 16.6 Å². The molecule has 0 radical (unpaired) electrons. The van der Waals surface area contributed by atoms with Crippen LogP contribution in [-0.4, -0.2) is 27.8 Å². The van der Waals surface area contributed by atoms with Crippen LogP contribution in [0, 0.1) is 6.92 Å². The average Bonchev–Trinajstić information content (AvgIpc) is 2.96. The molecule has 2 heterocycles. The average molecular weight is 334 g/mol. The molecule has 25 heavy (non-hydrogen) atoms. The summed E-state index contributed by atoms with van der Waals surface area (Å²) in [6.45, 7) is 9.63. The maximum absolute atomic E-state index is 12.8. The lowest BCUT2D eigenvalue weighted by atomic mass is 10.0. The molecule has 1 aromatic carbocycles. The lowest BCUT2D eigenvalue weighted by Crippen LogP contribution is -2.29. The number of amides is 2. The fourth-order valence-corrected chi connectivity index (χ4v) is 3.45. The predicted molar refractivity (Wildman–Crippen MR) is 101 cm³/mol. The zero-order valence-corrected chi connectivity index (χ0v) is 15.1. The maximum atomic E-state index is 12.8. The molecule has 1 fully saturated rings. The van der Waals surface area contributed by atoms with E-state index in [1.807, 2.05) is 46.0 Å². The summed E-state index contributed by atoms with van der Waals surface area (Å²) in [6.07, 6.45) is 3.42. The smallest absolute Gasteiger partial charge is 0.261 e. The molecule has 0 unspecified atom stereocenters. The van der Waals surface area contributed by atoms with Gasteiger partial charge in [0.25, 0.3) is 11.8 Å². The number of nitrogens with zero attached hydrogens (tertiary/aromatic N) is 2. The van der Waals surface area contributed by atoms with E-state index >= 15 is 0 Å². The van der Waals surface area contributed by atoms with Gasteiger partial charge in [0, 0.05) is 30.2 Å². The highest BCUT2D eigenvalue weighted by molar-refractivity contribution is 6.26. The van der Waals surface area contributed by atoms with Crippen molar-refractivity contribution < 1.29 is 9.59 Å². The molecule has 2 aromatic rings. The lowest BCUT2D eigenvalue weighted by molar-refractivity contribution is -0.135. The first-order valence-electron chi connectivity index (χ1n) is 8.29. The Hall–Kier alpha value is -2.88. The number of hydrogen-bond donors (Lipinski definition) is 0. The van der Waals surface area contributed by atoms with E-state index in [1.54, 1.807) is 6.08 Å². The van der Waals surface area contributed by atoms with Crippen LogP contribution in [0.2, 0.25) is 0 Å². The lowest BCUT2D eigenvalue weighted by Gasteiger charge is -2.09. The normalized spacial score (nSPS) is 16.4. The molecular weight excluding hydrogens is 312 g/mol. The van der Waals surface area contributed by atoms with E-state index in [1.165, 1.54) is 4.90 Å². The van der Waals surface area contributed by atoms with Crippen LogP contribution in [0.1, 0.15) is 25.1 Å². The van der Waals surface area contributed by atoms with Crippen molar-refractivity contribution in [3.8, 4) is 0 Å². The van der Waals surface area contributed by atoms with E-state index in [2.05, 4.69) is 23.3 Å². The zero-order chi connectivity index (χ0) is 18.3. The predicted octanol–water partition coefficient (Wildman–Crippen LogP) is 3.76. The molecule has 4 nitrogen and oxygen atoms in total. The van der Waals surface area contributed by atoms with Crippen LogP contribution in [0.25, 0.3) is 17.0 Å². The molecule has 0 aliphatic carbocycles. The Labute approximate surface area is 147 Å². The first kappa shape index (κ1) is 17.0. The second kappa shape index (κ2) is 6.20. The molecule has 0 bridgehead atoms. The summed E-state index contributed by atoms with van der Waals surface area (Å²) >= 11 is 0. The van der Waals surface area contributed by atoms with Gasteiger partial charge in [0.05, 0.1) is 11.1 Å². The first-order chi connectivity index (χ1) is 11.9. The van der Waals surface area contributed by atoms with Crippen LogP contribution in [0.15, 0.2) is 53.6 Å². The number of carbonyl (C=O) groups excluding carboxylic acids is 2. The Morgan fingerprint density at radius 1 is 1.16 bits per heavy atom. The van der Waals surface area contributed by atoms with Gasteiger partial charge in [-0.3, -0.25) is 14.5 Å². The summed E-state index contributed by atoms with van der Waals surface area (Å²) in [6, 6.07) is 8.12. The second-order valence-corrected chi connectivity index (χ2v) is 6.53. The van der Waals surface area contributed by atoms with Crippen LogP contribution in [0.3, 0.4) is 0 Å². The third-order valence-electron chi connectivity index (χ3n) is 4.71. The van der Waals surface area contributed by atoms with Crippen LogP contribution >= 0.6 is 0 Å². The molecule has 0 N–H and O–H groups in total. The third kappa shape index (κ3) is 2.54. The Morgan fingerprint density at radius 3 is 2.44 bits per heavy atom. The van der Waals surface area contributed by atoms with Crippen LogP contribution < -0.4 is 0 Å². The molecule has 0 saturated carbocycles. The number of likely N-dealkylation sites (tertiary alicyclic amines) is 1. The van der Waals surface area contributed by atoms with E-state index < -0.39 is 0 Å². The molecule has 1 aliphatic heterocycles. The summed E-state index contributed by atoms with van der Waals surface area (Å²) in [4.78, 5) is 26.7. The summed E-state index contributed by atoms with van der Waals surface area (Å²) in [5, 5.41) is 1.15. The number of carbonyl (C=O) groups is 2. The van der Waals surface area contributed by atoms with E-state index in [4.69, 9.17) is 0 Å². The molecule has 2 amide bonds. The molecular formula is C21H22N2O2. The van der Waals surface area contributed by atoms with Crippen molar-refractivity contribution in [2.45, 2.75) is 20.8 Å². The highest BCUT2D eigenvalue weighted by atomic mass is 16.2. The van der Waals surface area contributed by atoms with Gasteiger partial charge in [0.1, 0.15) is 0 Å². The van der Waals surface area contributed by atoms with Gasteiger partial charge in [-0.05, 0) is 38.5 Å². The van der Waals surface area contributed by atoms with Gasteiger partial charge in [0.15, 0.2) is 0 Å². The quantitative estimate of drug-likeness (QED) is 0.487. The summed E-state index contributed by atoms with van der Waals surface area (Å²) in [5.74, 6) is -0.502. The number of aromatic nitrogens is 1. The van der Waals surface area contributed by atoms with E-state index in [0.29, 0.717) is 11.1 Å². The maximum Gasteiger partial charge on any atom is 0.261 e. The number of para-hydroxylation sites is 1. The first-order valence-corrected chi connectivity index (χ1v) is 8.29. The third-order valence-corrected chi connectivity index (χ3v) is 4.71. The fraction of sp³-hybridized carbons (Fsp3) is 0.238. The Balaban J connectivity index is 2.24. The molecule has 128 valence electrons. The SMILES string of the molecule is C=CCN1C(=O)C(=C(C)C)/C(=C/c2c(C)c3ccccc3n2C)C1=O. The minimum Gasteiger partial charge on any atom is -0.344 e. The van der Waals surface area contributed by atoms with Crippen molar-refractivity contribution >= 4 is 28.8 Å². The summed E-state index contributed by atoms with van der Waals surface area (Å²) in [7, 11) is 1.98. The highest BCUT2D eigenvalue weighted by Gasteiger charge is 2.38.